The van der Waals surface area contributed by atoms with E-state index in [0.29, 0.717) is 12.0 Å². The van der Waals surface area contributed by atoms with Crippen LogP contribution in [0.3, 0.4) is 0 Å². The van der Waals surface area contributed by atoms with Crippen molar-refractivity contribution in [2.45, 2.75) is 51.1 Å². The zero-order valence-electron chi connectivity index (χ0n) is 13.6. The Labute approximate surface area is 124 Å². The summed E-state index contributed by atoms with van der Waals surface area (Å²) in [6.07, 6.45) is 4.92. The Morgan fingerprint density at radius 2 is 2.05 bits per heavy atom. The van der Waals surface area contributed by atoms with Crippen LogP contribution >= 0.6 is 0 Å². The Balaban J connectivity index is 2.02. The molecule has 0 aromatic heterocycles. The van der Waals surface area contributed by atoms with Crippen LogP contribution in [-0.4, -0.2) is 72.9 Å². The minimum atomic E-state index is -0.0623. The molecule has 4 heteroatoms. The molecule has 2 fully saturated rings. The zero-order chi connectivity index (χ0) is 14.6. The maximum Gasteiger partial charge on any atom is 0.0628 e. The van der Waals surface area contributed by atoms with Crippen molar-refractivity contribution in [1.29, 1.82) is 0 Å². The summed E-state index contributed by atoms with van der Waals surface area (Å²) in [5.41, 5.74) is -0.0623. The molecule has 20 heavy (non-hydrogen) atoms. The van der Waals surface area contributed by atoms with Crippen molar-refractivity contribution in [1.82, 2.24) is 15.1 Å². The van der Waals surface area contributed by atoms with Crippen LogP contribution in [0.25, 0.3) is 0 Å². The van der Waals surface area contributed by atoms with E-state index in [0.717, 1.165) is 32.6 Å². The summed E-state index contributed by atoms with van der Waals surface area (Å²) in [6, 6.07) is 0.579. The molecule has 2 atom stereocenters. The van der Waals surface area contributed by atoms with Crippen molar-refractivity contribution >= 4 is 0 Å². The number of nitrogens with one attached hydrogen (secondary N) is 1. The summed E-state index contributed by atoms with van der Waals surface area (Å²) < 4.78 is 0. The summed E-state index contributed by atoms with van der Waals surface area (Å²) >= 11 is 0. The van der Waals surface area contributed by atoms with E-state index in [2.05, 4.69) is 36.0 Å². The third-order valence-corrected chi connectivity index (χ3v) is 5.04. The number of aliphatic hydroxyl groups is 1. The molecule has 0 bridgehead atoms. The second-order valence-electron chi connectivity index (χ2n) is 6.95. The summed E-state index contributed by atoms with van der Waals surface area (Å²) in [7, 11) is 2.22. The second-order valence-corrected chi connectivity index (χ2v) is 6.95. The van der Waals surface area contributed by atoms with Gasteiger partial charge in [0.1, 0.15) is 0 Å². The highest BCUT2D eigenvalue weighted by Gasteiger charge is 2.45. The van der Waals surface area contributed by atoms with Crippen LogP contribution in [0.5, 0.6) is 0 Å². The van der Waals surface area contributed by atoms with E-state index < -0.39 is 0 Å². The van der Waals surface area contributed by atoms with Crippen LogP contribution in [0.4, 0.5) is 0 Å². The molecule has 1 saturated heterocycles. The maximum atomic E-state index is 10.1. The van der Waals surface area contributed by atoms with Crippen molar-refractivity contribution in [2.24, 2.45) is 5.92 Å². The minimum absolute atomic E-state index is 0.0623. The molecule has 2 rings (SSSR count). The first-order valence-corrected chi connectivity index (χ1v) is 8.40. The lowest BCUT2D eigenvalue weighted by Gasteiger charge is -2.40. The van der Waals surface area contributed by atoms with Gasteiger partial charge < -0.3 is 15.3 Å². The van der Waals surface area contributed by atoms with Gasteiger partial charge in [0.15, 0.2) is 0 Å². The van der Waals surface area contributed by atoms with E-state index in [-0.39, 0.29) is 12.1 Å². The summed E-state index contributed by atoms with van der Waals surface area (Å²) in [5.74, 6) is 0.673. The van der Waals surface area contributed by atoms with Gasteiger partial charge in [0.2, 0.25) is 0 Å². The predicted molar refractivity (Wildman–Crippen MR) is 84.0 cm³/mol. The van der Waals surface area contributed by atoms with Crippen molar-refractivity contribution in [3.63, 3.8) is 0 Å². The van der Waals surface area contributed by atoms with Gasteiger partial charge in [0.25, 0.3) is 0 Å². The van der Waals surface area contributed by atoms with Gasteiger partial charge in [-0.05, 0) is 65.2 Å². The zero-order valence-corrected chi connectivity index (χ0v) is 13.6. The van der Waals surface area contributed by atoms with Gasteiger partial charge in [0.05, 0.1) is 12.1 Å². The monoisotopic (exact) mass is 283 g/mol. The number of nitrogens with zero attached hydrogens (tertiary/aromatic N) is 2. The molecular weight excluding hydrogens is 250 g/mol. The minimum Gasteiger partial charge on any atom is -0.394 e. The van der Waals surface area contributed by atoms with Crippen LogP contribution in [0.1, 0.15) is 39.5 Å². The molecule has 2 aliphatic rings. The fourth-order valence-electron chi connectivity index (χ4n) is 3.59. The van der Waals surface area contributed by atoms with E-state index >= 15 is 0 Å². The van der Waals surface area contributed by atoms with E-state index in [4.69, 9.17) is 0 Å². The molecule has 4 nitrogen and oxygen atoms in total. The lowest BCUT2D eigenvalue weighted by Crippen LogP contribution is -2.59. The molecule has 0 aromatic carbocycles. The Kier molecular flexibility index (Phi) is 5.84. The highest BCUT2D eigenvalue weighted by molar-refractivity contribution is 5.03. The SMILES string of the molecule is CCCNC(CO)(CN1CCCN(C)CC1C)C1CC1. The molecule has 2 unspecified atom stereocenters. The molecule has 1 aliphatic heterocycles. The third kappa shape index (κ3) is 3.94. The number of aliphatic hydroxyl groups excluding tert-OH is 1. The van der Waals surface area contributed by atoms with Gasteiger partial charge in [-0.15, -0.1) is 0 Å². The molecule has 0 aromatic rings. The van der Waals surface area contributed by atoms with Crippen LogP contribution < -0.4 is 5.32 Å². The van der Waals surface area contributed by atoms with Gasteiger partial charge in [-0.25, -0.2) is 0 Å². The molecule has 1 saturated carbocycles. The van der Waals surface area contributed by atoms with Gasteiger partial charge in [-0.3, -0.25) is 4.90 Å². The number of hydrogen-bond donors (Lipinski definition) is 2. The molecule has 1 heterocycles. The number of likely N-dealkylation sites (N-methyl/N-ethyl adjacent to an activating group) is 1. The summed E-state index contributed by atoms with van der Waals surface area (Å²) in [6.45, 7) is 10.3. The van der Waals surface area contributed by atoms with Crippen LogP contribution in [0.15, 0.2) is 0 Å². The van der Waals surface area contributed by atoms with Crippen molar-refractivity contribution in [2.75, 3.05) is 46.4 Å². The average Bonchev–Trinajstić information content (AvgIpc) is 3.26. The maximum absolute atomic E-state index is 10.1. The van der Waals surface area contributed by atoms with Gasteiger partial charge in [-0.1, -0.05) is 6.92 Å². The Hall–Kier alpha value is -0.160. The Bertz CT molecular complexity index is 295. The average molecular weight is 283 g/mol. The largest absolute Gasteiger partial charge is 0.394 e. The van der Waals surface area contributed by atoms with Crippen LogP contribution in [0.2, 0.25) is 0 Å². The third-order valence-electron chi connectivity index (χ3n) is 5.04. The normalized spacial score (nSPS) is 29.1. The molecular formula is C16H33N3O. The standard InChI is InChI=1S/C16H33N3O/c1-4-8-17-16(13-20,15-6-7-15)12-19-10-5-9-18(3)11-14(19)2/h14-15,17,20H,4-13H2,1-3H3. The quantitative estimate of drug-likeness (QED) is 0.735. The number of rotatable bonds is 7. The van der Waals surface area contributed by atoms with Crippen molar-refractivity contribution in [3.8, 4) is 0 Å². The van der Waals surface area contributed by atoms with E-state index in [1.54, 1.807) is 0 Å². The molecule has 2 N–H and O–H groups in total. The fraction of sp³-hybridized carbons (Fsp3) is 1.00. The van der Waals surface area contributed by atoms with Gasteiger partial charge >= 0.3 is 0 Å². The Morgan fingerprint density at radius 3 is 2.65 bits per heavy atom. The van der Waals surface area contributed by atoms with Crippen LogP contribution in [-0.2, 0) is 0 Å². The van der Waals surface area contributed by atoms with Crippen LogP contribution in [0, 0.1) is 5.92 Å². The van der Waals surface area contributed by atoms with E-state index in [9.17, 15) is 5.11 Å². The second kappa shape index (κ2) is 7.21. The smallest absolute Gasteiger partial charge is 0.0628 e. The molecule has 1 aliphatic carbocycles. The lowest BCUT2D eigenvalue weighted by molar-refractivity contribution is 0.0743. The lowest BCUT2D eigenvalue weighted by atomic mass is 9.92. The van der Waals surface area contributed by atoms with Gasteiger partial charge in [-0.2, -0.15) is 0 Å². The summed E-state index contributed by atoms with van der Waals surface area (Å²) in [4.78, 5) is 5.03. The van der Waals surface area contributed by atoms with Gasteiger partial charge in [0, 0.05) is 19.1 Å². The first-order valence-electron chi connectivity index (χ1n) is 8.40. The highest BCUT2D eigenvalue weighted by Crippen LogP contribution is 2.40. The summed E-state index contributed by atoms with van der Waals surface area (Å²) in [5, 5.41) is 13.7. The van der Waals surface area contributed by atoms with Crippen molar-refractivity contribution < 1.29 is 5.11 Å². The van der Waals surface area contributed by atoms with E-state index in [1.165, 1.54) is 25.8 Å². The topological polar surface area (TPSA) is 38.7 Å². The fourth-order valence-corrected chi connectivity index (χ4v) is 3.59. The Morgan fingerprint density at radius 1 is 1.30 bits per heavy atom. The molecule has 0 radical (unpaired) electrons. The number of hydrogen-bond acceptors (Lipinski definition) is 4. The van der Waals surface area contributed by atoms with E-state index in [1.807, 2.05) is 0 Å². The predicted octanol–water partition coefficient (Wildman–Crippen LogP) is 1.15. The van der Waals surface area contributed by atoms with Crippen molar-refractivity contribution in [3.05, 3.63) is 0 Å². The highest BCUT2D eigenvalue weighted by atomic mass is 16.3. The molecule has 118 valence electrons. The molecule has 0 amide bonds. The molecule has 0 spiro atoms. The first kappa shape index (κ1) is 16.2. The first-order chi connectivity index (χ1) is 9.61.